The Hall–Kier alpha value is 0.0300. The topological polar surface area (TPSA) is 58.6 Å². The first-order valence-electron chi connectivity index (χ1n) is 4.02. The highest BCUT2D eigenvalue weighted by atomic mass is 32.2. The molecule has 0 aromatic carbocycles. The van der Waals surface area contributed by atoms with Crippen LogP contribution in [0.2, 0.25) is 0 Å². The Morgan fingerprint density at radius 2 is 2.17 bits per heavy atom. The van der Waals surface area contributed by atoms with Gasteiger partial charge in [0.25, 0.3) is 0 Å². The zero-order valence-electron chi connectivity index (χ0n) is 7.21. The first-order chi connectivity index (χ1) is 5.68. The molecule has 12 heavy (non-hydrogen) atoms. The maximum Gasteiger partial charge on any atom is 0.155 e. The van der Waals surface area contributed by atoms with Crippen LogP contribution in [0.5, 0.6) is 0 Å². The van der Waals surface area contributed by atoms with E-state index in [0.29, 0.717) is 0 Å². The number of hydrogen-bond donors (Lipinski definition) is 2. The molecule has 1 heterocycles. The van der Waals surface area contributed by atoms with Gasteiger partial charge in [-0.3, -0.25) is 0 Å². The molecule has 0 aromatic heterocycles. The lowest BCUT2D eigenvalue weighted by molar-refractivity contribution is -0.0150. The Labute approximate surface area is 75.0 Å². The van der Waals surface area contributed by atoms with Crippen molar-refractivity contribution in [3.05, 3.63) is 0 Å². The van der Waals surface area contributed by atoms with Crippen LogP contribution in [-0.4, -0.2) is 40.3 Å². The maximum absolute atomic E-state index is 10.6. The normalized spacial score (nSPS) is 25.2. The molecular weight excluding hydrogens is 178 g/mol. The molecule has 1 atom stereocenters. The fourth-order valence-electron chi connectivity index (χ4n) is 1.51. The van der Waals surface area contributed by atoms with Crippen molar-refractivity contribution in [2.24, 2.45) is 0 Å². The Bertz CT molecular complexity index is 168. The molecule has 2 N–H and O–H groups in total. The smallest absolute Gasteiger partial charge is 0.155 e. The van der Waals surface area contributed by atoms with E-state index in [4.69, 9.17) is 9.29 Å². The number of methoxy groups -OCH3 is 1. The summed E-state index contributed by atoms with van der Waals surface area (Å²) in [6, 6.07) is 0. The van der Waals surface area contributed by atoms with Crippen molar-refractivity contribution in [3.63, 3.8) is 0 Å². The number of nitrogens with one attached hydrogen (secondary N) is 1. The summed E-state index contributed by atoms with van der Waals surface area (Å²) in [5.41, 5.74) is -0.370. The molecule has 72 valence electrons. The molecule has 1 aliphatic heterocycles. The summed E-state index contributed by atoms with van der Waals surface area (Å²) in [5, 5.41) is 3.19. The van der Waals surface area contributed by atoms with Crippen molar-refractivity contribution < 1.29 is 13.5 Å². The molecule has 0 aliphatic carbocycles. The first-order valence-corrected chi connectivity index (χ1v) is 5.29. The summed E-state index contributed by atoms with van der Waals surface area (Å²) < 4.78 is 24.7. The van der Waals surface area contributed by atoms with Gasteiger partial charge in [0.2, 0.25) is 0 Å². The maximum atomic E-state index is 10.6. The summed E-state index contributed by atoms with van der Waals surface area (Å²) in [4.78, 5) is 0. The van der Waals surface area contributed by atoms with Crippen molar-refractivity contribution in [3.8, 4) is 0 Å². The minimum atomic E-state index is -1.76. The van der Waals surface area contributed by atoms with E-state index in [0.717, 1.165) is 25.9 Å². The summed E-state index contributed by atoms with van der Waals surface area (Å²) in [6.45, 7) is 1.73. The Morgan fingerprint density at radius 1 is 1.58 bits per heavy atom. The first kappa shape index (κ1) is 10.1. The van der Waals surface area contributed by atoms with Gasteiger partial charge >= 0.3 is 0 Å². The molecule has 5 heteroatoms. The van der Waals surface area contributed by atoms with E-state index in [-0.39, 0.29) is 11.4 Å². The number of hydrogen-bond acceptors (Lipinski definition) is 3. The SMILES string of the molecule is COC1(CS(=O)O)CCNCC1. The predicted molar refractivity (Wildman–Crippen MR) is 47.5 cm³/mol. The van der Waals surface area contributed by atoms with Gasteiger partial charge in [0.05, 0.1) is 11.4 Å². The lowest BCUT2D eigenvalue weighted by atomic mass is 9.94. The van der Waals surface area contributed by atoms with Crippen LogP contribution in [0.1, 0.15) is 12.8 Å². The molecule has 1 unspecified atom stereocenters. The van der Waals surface area contributed by atoms with E-state index in [1.807, 2.05) is 0 Å². The third-order valence-corrected chi connectivity index (χ3v) is 3.11. The van der Waals surface area contributed by atoms with E-state index >= 15 is 0 Å². The van der Waals surface area contributed by atoms with E-state index in [1.54, 1.807) is 7.11 Å². The van der Waals surface area contributed by atoms with Crippen LogP contribution in [0.3, 0.4) is 0 Å². The van der Waals surface area contributed by atoms with Crippen molar-refractivity contribution in [2.45, 2.75) is 18.4 Å². The third-order valence-electron chi connectivity index (χ3n) is 2.33. The van der Waals surface area contributed by atoms with Gasteiger partial charge in [0.15, 0.2) is 11.1 Å². The van der Waals surface area contributed by atoms with Crippen molar-refractivity contribution in [1.29, 1.82) is 0 Å². The van der Waals surface area contributed by atoms with Crippen LogP contribution in [0.15, 0.2) is 0 Å². The van der Waals surface area contributed by atoms with Crippen LogP contribution >= 0.6 is 0 Å². The molecule has 0 spiro atoms. The van der Waals surface area contributed by atoms with E-state index in [9.17, 15) is 4.21 Å². The van der Waals surface area contributed by atoms with Gasteiger partial charge < -0.3 is 14.6 Å². The molecular formula is C7H15NO3S. The quantitative estimate of drug-likeness (QED) is 0.618. The van der Waals surface area contributed by atoms with Crippen LogP contribution in [0, 0.1) is 0 Å². The van der Waals surface area contributed by atoms with Crippen molar-refractivity contribution in [2.75, 3.05) is 26.0 Å². The average molecular weight is 193 g/mol. The second kappa shape index (κ2) is 4.32. The highest BCUT2D eigenvalue weighted by molar-refractivity contribution is 7.79. The van der Waals surface area contributed by atoms with Gasteiger partial charge in [-0.05, 0) is 25.9 Å². The molecule has 0 aromatic rings. The van der Waals surface area contributed by atoms with Gasteiger partial charge in [-0.25, -0.2) is 4.21 Å². The Kier molecular flexibility index (Phi) is 3.64. The summed E-state index contributed by atoms with van der Waals surface area (Å²) in [5.74, 6) is 0.227. The zero-order valence-corrected chi connectivity index (χ0v) is 8.02. The second-order valence-electron chi connectivity index (χ2n) is 3.10. The lowest BCUT2D eigenvalue weighted by Crippen LogP contribution is -2.47. The molecule has 0 amide bonds. The average Bonchev–Trinajstić information content (AvgIpc) is 2.05. The fraction of sp³-hybridized carbons (Fsp3) is 1.00. The van der Waals surface area contributed by atoms with E-state index in [1.165, 1.54) is 0 Å². The zero-order chi connectivity index (χ0) is 9.03. The summed E-state index contributed by atoms with van der Waals surface area (Å²) in [6.07, 6.45) is 1.63. The van der Waals surface area contributed by atoms with Gasteiger partial charge in [0, 0.05) is 7.11 Å². The minimum Gasteiger partial charge on any atom is -0.377 e. The molecule has 0 radical (unpaired) electrons. The lowest BCUT2D eigenvalue weighted by Gasteiger charge is -2.35. The monoisotopic (exact) mass is 193 g/mol. The molecule has 0 saturated carbocycles. The molecule has 1 aliphatic rings. The molecule has 1 rings (SSSR count). The molecule has 4 nitrogen and oxygen atoms in total. The van der Waals surface area contributed by atoms with Gasteiger partial charge in [-0.2, -0.15) is 0 Å². The number of ether oxygens (including phenoxy) is 1. The van der Waals surface area contributed by atoms with Crippen molar-refractivity contribution >= 4 is 11.1 Å². The van der Waals surface area contributed by atoms with Gasteiger partial charge in [-0.1, -0.05) is 0 Å². The van der Waals surface area contributed by atoms with E-state index in [2.05, 4.69) is 5.32 Å². The van der Waals surface area contributed by atoms with E-state index < -0.39 is 11.1 Å². The Balaban J connectivity index is 2.53. The number of piperidine rings is 1. The van der Waals surface area contributed by atoms with Crippen LogP contribution in [-0.2, 0) is 15.8 Å². The summed E-state index contributed by atoms with van der Waals surface area (Å²) >= 11 is -1.76. The molecule has 1 fully saturated rings. The highest BCUT2D eigenvalue weighted by Gasteiger charge is 2.33. The van der Waals surface area contributed by atoms with Gasteiger partial charge in [0.1, 0.15) is 0 Å². The molecule has 1 saturated heterocycles. The standard InChI is InChI=1S/C7H15NO3S/c1-11-7(6-12(9)10)2-4-8-5-3-7/h8H,2-6H2,1H3,(H,9,10). The number of rotatable bonds is 3. The minimum absolute atomic E-state index is 0.227. The predicted octanol–water partition coefficient (Wildman–Crippen LogP) is -0.0233. The van der Waals surface area contributed by atoms with Crippen LogP contribution < -0.4 is 5.32 Å². The third kappa shape index (κ3) is 2.52. The van der Waals surface area contributed by atoms with Crippen molar-refractivity contribution in [1.82, 2.24) is 5.32 Å². The Morgan fingerprint density at radius 3 is 2.58 bits per heavy atom. The fourth-order valence-corrected chi connectivity index (χ4v) is 2.37. The second-order valence-corrected chi connectivity index (χ2v) is 4.03. The summed E-state index contributed by atoms with van der Waals surface area (Å²) in [7, 11) is 1.61. The largest absolute Gasteiger partial charge is 0.377 e. The van der Waals surface area contributed by atoms with Crippen LogP contribution in [0.4, 0.5) is 0 Å². The highest BCUT2D eigenvalue weighted by Crippen LogP contribution is 2.22. The molecule has 0 bridgehead atoms. The van der Waals surface area contributed by atoms with Crippen LogP contribution in [0.25, 0.3) is 0 Å². The van der Waals surface area contributed by atoms with Gasteiger partial charge in [-0.15, -0.1) is 0 Å².